The molecule has 5 heteroatoms. The normalized spacial score (nSPS) is 14.7. The fraction of sp³-hybridized carbons (Fsp3) is 0.462. The Balaban J connectivity index is 1.74. The van der Waals surface area contributed by atoms with Gasteiger partial charge in [0.25, 0.3) is 5.91 Å². The second-order valence-electron chi connectivity index (χ2n) is 9.12. The fourth-order valence-corrected chi connectivity index (χ4v) is 4.02. The summed E-state index contributed by atoms with van der Waals surface area (Å²) >= 11 is 0. The maximum Gasteiger partial charge on any atom is 0.253 e. The number of carbonyl (C=O) groups is 2. The summed E-state index contributed by atoms with van der Waals surface area (Å²) in [6, 6.07) is 16.4. The molecule has 1 saturated heterocycles. The maximum absolute atomic E-state index is 12.9. The molecular formula is C26H35N3O2. The van der Waals surface area contributed by atoms with E-state index in [9.17, 15) is 9.59 Å². The summed E-state index contributed by atoms with van der Waals surface area (Å²) in [5, 5.41) is 5.92. The third kappa shape index (κ3) is 6.33. The zero-order valence-corrected chi connectivity index (χ0v) is 19.2. The molecule has 0 radical (unpaired) electrons. The minimum absolute atomic E-state index is 0.0471. The lowest BCUT2D eigenvalue weighted by Gasteiger charge is -2.35. The smallest absolute Gasteiger partial charge is 0.253 e. The molecule has 1 fully saturated rings. The van der Waals surface area contributed by atoms with Crippen LogP contribution in [0.1, 0.15) is 56.5 Å². The SMILES string of the molecule is CC(C)NC(=O)c1cc(NC(=O)C(C)C)ccc1N1CCC(Cc2ccccc2)CC1. The Morgan fingerprint density at radius 2 is 1.68 bits per heavy atom. The summed E-state index contributed by atoms with van der Waals surface area (Å²) in [6.07, 6.45) is 3.31. The van der Waals surface area contributed by atoms with Crippen molar-refractivity contribution in [2.24, 2.45) is 11.8 Å². The highest BCUT2D eigenvalue weighted by molar-refractivity contribution is 6.02. The number of benzene rings is 2. The van der Waals surface area contributed by atoms with Crippen LogP contribution in [0, 0.1) is 11.8 Å². The quantitative estimate of drug-likeness (QED) is 0.670. The number of anilines is 2. The van der Waals surface area contributed by atoms with Gasteiger partial charge in [-0.05, 0) is 62.8 Å². The van der Waals surface area contributed by atoms with Gasteiger partial charge in [-0.15, -0.1) is 0 Å². The lowest BCUT2D eigenvalue weighted by Crippen LogP contribution is -2.37. The van der Waals surface area contributed by atoms with E-state index in [-0.39, 0.29) is 23.8 Å². The van der Waals surface area contributed by atoms with Gasteiger partial charge in [-0.2, -0.15) is 0 Å². The standard InChI is InChI=1S/C26H35N3O2/c1-18(2)25(30)28-22-10-11-24(23(17-22)26(31)27-19(3)4)29-14-12-21(13-15-29)16-20-8-6-5-7-9-20/h5-11,17-19,21H,12-16H2,1-4H3,(H,27,31)(H,28,30). The van der Waals surface area contributed by atoms with E-state index in [0.717, 1.165) is 38.0 Å². The molecule has 1 heterocycles. The average Bonchev–Trinajstić information content (AvgIpc) is 2.74. The van der Waals surface area contributed by atoms with Crippen molar-refractivity contribution in [3.63, 3.8) is 0 Å². The first-order chi connectivity index (χ1) is 14.8. The number of amides is 2. The van der Waals surface area contributed by atoms with E-state index >= 15 is 0 Å². The van der Waals surface area contributed by atoms with Crippen LogP contribution in [-0.4, -0.2) is 30.9 Å². The van der Waals surface area contributed by atoms with Crippen LogP contribution in [0.15, 0.2) is 48.5 Å². The third-order valence-corrected chi connectivity index (χ3v) is 5.78. The molecule has 0 aromatic heterocycles. The number of rotatable bonds is 7. The molecule has 0 aliphatic carbocycles. The van der Waals surface area contributed by atoms with E-state index in [1.807, 2.05) is 45.9 Å². The zero-order chi connectivity index (χ0) is 22.4. The fourth-order valence-electron chi connectivity index (χ4n) is 4.02. The molecule has 31 heavy (non-hydrogen) atoms. The predicted molar refractivity (Wildman–Crippen MR) is 128 cm³/mol. The highest BCUT2D eigenvalue weighted by Gasteiger charge is 2.24. The summed E-state index contributed by atoms with van der Waals surface area (Å²) in [5.74, 6) is 0.397. The minimum atomic E-state index is -0.115. The van der Waals surface area contributed by atoms with Gasteiger partial charge >= 0.3 is 0 Å². The largest absolute Gasteiger partial charge is 0.371 e. The molecule has 0 spiro atoms. The van der Waals surface area contributed by atoms with Crippen molar-refractivity contribution in [2.75, 3.05) is 23.3 Å². The van der Waals surface area contributed by atoms with Gasteiger partial charge in [-0.1, -0.05) is 44.2 Å². The lowest BCUT2D eigenvalue weighted by atomic mass is 9.89. The van der Waals surface area contributed by atoms with Crippen molar-refractivity contribution < 1.29 is 9.59 Å². The minimum Gasteiger partial charge on any atom is -0.371 e. The Bertz CT molecular complexity index is 885. The van der Waals surface area contributed by atoms with Gasteiger partial charge in [0, 0.05) is 36.4 Å². The molecule has 1 aliphatic rings. The van der Waals surface area contributed by atoms with Gasteiger partial charge in [0.2, 0.25) is 5.91 Å². The molecule has 2 amide bonds. The summed E-state index contributed by atoms with van der Waals surface area (Å²) in [4.78, 5) is 27.4. The Labute approximate surface area is 186 Å². The first-order valence-electron chi connectivity index (χ1n) is 11.4. The summed E-state index contributed by atoms with van der Waals surface area (Å²) in [5.41, 5.74) is 3.62. The molecule has 0 saturated carbocycles. The summed E-state index contributed by atoms with van der Waals surface area (Å²) < 4.78 is 0. The average molecular weight is 422 g/mol. The van der Waals surface area contributed by atoms with Crippen molar-refractivity contribution in [3.05, 3.63) is 59.7 Å². The van der Waals surface area contributed by atoms with Crippen molar-refractivity contribution in [1.29, 1.82) is 0 Å². The highest BCUT2D eigenvalue weighted by atomic mass is 16.2. The molecule has 0 unspecified atom stereocenters. The Hall–Kier alpha value is -2.82. The Morgan fingerprint density at radius 3 is 2.29 bits per heavy atom. The van der Waals surface area contributed by atoms with Gasteiger partial charge in [-0.3, -0.25) is 9.59 Å². The maximum atomic E-state index is 12.9. The Kier molecular flexibility index (Phi) is 7.72. The number of piperidine rings is 1. The van der Waals surface area contributed by atoms with E-state index in [0.29, 0.717) is 17.2 Å². The van der Waals surface area contributed by atoms with E-state index in [4.69, 9.17) is 0 Å². The summed E-state index contributed by atoms with van der Waals surface area (Å²) in [7, 11) is 0. The topological polar surface area (TPSA) is 61.4 Å². The van der Waals surface area contributed by atoms with E-state index < -0.39 is 0 Å². The van der Waals surface area contributed by atoms with Gasteiger partial charge in [0.15, 0.2) is 0 Å². The zero-order valence-electron chi connectivity index (χ0n) is 19.2. The van der Waals surface area contributed by atoms with Crippen molar-refractivity contribution in [1.82, 2.24) is 5.32 Å². The van der Waals surface area contributed by atoms with E-state index in [2.05, 4.69) is 45.9 Å². The lowest BCUT2D eigenvalue weighted by molar-refractivity contribution is -0.118. The summed E-state index contributed by atoms with van der Waals surface area (Å²) in [6.45, 7) is 9.48. The highest BCUT2D eigenvalue weighted by Crippen LogP contribution is 2.30. The number of hydrogen-bond donors (Lipinski definition) is 2. The van der Waals surface area contributed by atoms with Crippen LogP contribution in [-0.2, 0) is 11.2 Å². The van der Waals surface area contributed by atoms with Crippen LogP contribution in [0.4, 0.5) is 11.4 Å². The van der Waals surface area contributed by atoms with E-state index in [1.165, 1.54) is 5.56 Å². The molecule has 5 nitrogen and oxygen atoms in total. The molecule has 0 atom stereocenters. The van der Waals surface area contributed by atoms with Crippen LogP contribution >= 0.6 is 0 Å². The number of carbonyl (C=O) groups excluding carboxylic acids is 2. The molecular weight excluding hydrogens is 386 g/mol. The van der Waals surface area contributed by atoms with Crippen LogP contribution in [0.25, 0.3) is 0 Å². The molecule has 166 valence electrons. The molecule has 0 bridgehead atoms. The molecule has 1 aliphatic heterocycles. The van der Waals surface area contributed by atoms with Gasteiger partial charge in [0.05, 0.1) is 5.56 Å². The number of hydrogen-bond acceptors (Lipinski definition) is 3. The van der Waals surface area contributed by atoms with Crippen molar-refractivity contribution in [3.8, 4) is 0 Å². The molecule has 2 N–H and O–H groups in total. The number of nitrogens with one attached hydrogen (secondary N) is 2. The van der Waals surface area contributed by atoms with Crippen LogP contribution in [0.2, 0.25) is 0 Å². The predicted octanol–water partition coefficient (Wildman–Crippen LogP) is 4.88. The molecule has 3 rings (SSSR count). The van der Waals surface area contributed by atoms with Crippen LogP contribution in [0.3, 0.4) is 0 Å². The van der Waals surface area contributed by atoms with Gasteiger partial charge in [0.1, 0.15) is 0 Å². The monoisotopic (exact) mass is 421 g/mol. The third-order valence-electron chi connectivity index (χ3n) is 5.78. The van der Waals surface area contributed by atoms with Crippen molar-refractivity contribution in [2.45, 2.75) is 53.0 Å². The van der Waals surface area contributed by atoms with Crippen molar-refractivity contribution >= 4 is 23.2 Å². The second kappa shape index (κ2) is 10.5. The van der Waals surface area contributed by atoms with Crippen LogP contribution in [0.5, 0.6) is 0 Å². The molecule has 2 aromatic carbocycles. The van der Waals surface area contributed by atoms with Gasteiger partial charge < -0.3 is 15.5 Å². The molecule has 2 aromatic rings. The first kappa shape index (κ1) is 22.9. The van der Waals surface area contributed by atoms with Crippen LogP contribution < -0.4 is 15.5 Å². The first-order valence-corrected chi connectivity index (χ1v) is 11.4. The Morgan fingerprint density at radius 1 is 1.00 bits per heavy atom. The van der Waals surface area contributed by atoms with Gasteiger partial charge in [-0.25, -0.2) is 0 Å². The second-order valence-corrected chi connectivity index (χ2v) is 9.12. The number of nitrogens with zero attached hydrogens (tertiary/aromatic N) is 1. The van der Waals surface area contributed by atoms with E-state index in [1.54, 1.807) is 0 Å².